The van der Waals surface area contributed by atoms with E-state index in [-0.39, 0.29) is 17.1 Å². The summed E-state index contributed by atoms with van der Waals surface area (Å²) in [7, 11) is -3.87. The fraction of sp³-hybridized carbons (Fsp3) is 0.333. The Morgan fingerprint density at radius 1 is 1.50 bits per heavy atom. The minimum absolute atomic E-state index is 0.0211. The van der Waals surface area contributed by atoms with Gasteiger partial charge < -0.3 is 10.8 Å². The number of amides is 1. The van der Waals surface area contributed by atoms with Crippen molar-refractivity contribution < 1.29 is 23.1 Å². The van der Waals surface area contributed by atoms with E-state index in [2.05, 4.69) is 0 Å². The molecule has 0 saturated carbocycles. The van der Waals surface area contributed by atoms with Crippen molar-refractivity contribution in [3.8, 4) is 0 Å². The highest BCUT2D eigenvalue weighted by molar-refractivity contribution is 7.91. The molecular weight excluding hydrogens is 280 g/mol. The molecule has 0 spiro atoms. The van der Waals surface area contributed by atoms with Gasteiger partial charge in [-0.25, -0.2) is 8.42 Å². The van der Waals surface area contributed by atoms with E-state index in [4.69, 9.17) is 10.8 Å². The molecule has 100 valence electrons. The maximum atomic E-state index is 11.8. The Labute approximate surface area is 108 Å². The number of carboxylic acids is 1. The Balaban J connectivity index is 2.78. The molecule has 0 bridgehead atoms. The number of carbonyl (C=O) groups excluding carboxylic acids is 1. The standard InChI is InChI=1S/C9H12N2O5S2/c10-7(12)4-3-6(9(13)14)11-18(15,16)8-2-1-5-17-8/h1-2,5-6,11H,3-4H2,(H2,10,12)(H,13,14). The molecule has 1 amide bonds. The lowest BCUT2D eigenvalue weighted by molar-refractivity contribution is -0.139. The molecule has 0 radical (unpaired) electrons. The Bertz CT molecular complexity index is 523. The molecule has 0 saturated heterocycles. The average molecular weight is 292 g/mol. The van der Waals surface area contributed by atoms with Crippen molar-refractivity contribution >= 4 is 33.2 Å². The zero-order chi connectivity index (χ0) is 13.8. The van der Waals surface area contributed by atoms with Crippen LogP contribution in [-0.2, 0) is 19.6 Å². The van der Waals surface area contributed by atoms with E-state index in [1.807, 2.05) is 4.72 Å². The summed E-state index contributed by atoms with van der Waals surface area (Å²) in [6.07, 6.45) is -0.390. The van der Waals surface area contributed by atoms with E-state index >= 15 is 0 Å². The fourth-order valence-corrected chi connectivity index (χ4v) is 3.41. The van der Waals surface area contributed by atoms with Crippen LogP contribution in [0, 0.1) is 0 Å². The summed E-state index contributed by atoms with van der Waals surface area (Å²) in [5, 5.41) is 10.4. The van der Waals surface area contributed by atoms with Gasteiger partial charge in [-0.15, -0.1) is 11.3 Å². The van der Waals surface area contributed by atoms with Crippen molar-refractivity contribution in [3.63, 3.8) is 0 Å². The first-order chi connectivity index (χ1) is 8.33. The SMILES string of the molecule is NC(=O)CCC(NS(=O)(=O)c1cccs1)C(=O)O. The minimum Gasteiger partial charge on any atom is -0.480 e. The first-order valence-electron chi connectivity index (χ1n) is 4.90. The lowest BCUT2D eigenvalue weighted by Gasteiger charge is -2.12. The van der Waals surface area contributed by atoms with Gasteiger partial charge in [0.25, 0.3) is 10.0 Å². The molecule has 1 aromatic heterocycles. The van der Waals surface area contributed by atoms with E-state index in [0.717, 1.165) is 11.3 Å². The summed E-state index contributed by atoms with van der Waals surface area (Å²) >= 11 is 0.973. The van der Waals surface area contributed by atoms with Crippen LogP contribution in [0.1, 0.15) is 12.8 Å². The van der Waals surface area contributed by atoms with Crippen LogP contribution in [0.5, 0.6) is 0 Å². The zero-order valence-corrected chi connectivity index (χ0v) is 10.8. The zero-order valence-electron chi connectivity index (χ0n) is 9.20. The highest BCUT2D eigenvalue weighted by Crippen LogP contribution is 2.16. The van der Waals surface area contributed by atoms with E-state index < -0.39 is 27.9 Å². The number of aliphatic carboxylic acids is 1. The topological polar surface area (TPSA) is 127 Å². The Morgan fingerprint density at radius 2 is 2.17 bits per heavy atom. The van der Waals surface area contributed by atoms with Crippen LogP contribution in [0.25, 0.3) is 0 Å². The second-order valence-electron chi connectivity index (χ2n) is 3.45. The summed E-state index contributed by atoms with van der Waals surface area (Å²) in [5.74, 6) is -2.03. The largest absolute Gasteiger partial charge is 0.480 e. The van der Waals surface area contributed by atoms with Crippen molar-refractivity contribution in [1.29, 1.82) is 0 Å². The normalized spacial score (nSPS) is 13.1. The van der Waals surface area contributed by atoms with E-state index in [9.17, 15) is 18.0 Å². The van der Waals surface area contributed by atoms with Crippen LogP contribution in [0.3, 0.4) is 0 Å². The van der Waals surface area contributed by atoms with E-state index in [0.29, 0.717) is 0 Å². The first-order valence-corrected chi connectivity index (χ1v) is 7.26. The maximum absolute atomic E-state index is 11.8. The van der Waals surface area contributed by atoms with Crippen LogP contribution in [0.15, 0.2) is 21.7 Å². The quantitative estimate of drug-likeness (QED) is 0.638. The number of thiophene rings is 1. The Kier molecular flexibility index (Phi) is 4.82. The van der Waals surface area contributed by atoms with Gasteiger partial charge in [0.1, 0.15) is 10.3 Å². The molecule has 0 aromatic carbocycles. The number of sulfonamides is 1. The van der Waals surface area contributed by atoms with Crippen LogP contribution in [0.2, 0.25) is 0 Å². The van der Waals surface area contributed by atoms with Crippen LogP contribution in [-0.4, -0.2) is 31.4 Å². The molecule has 0 aliphatic rings. The van der Waals surface area contributed by atoms with Gasteiger partial charge in [-0.3, -0.25) is 9.59 Å². The predicted octanol–water partition coefficient (Wildman–Crippen LogP) is -0.255. The third-order valence-corrected chi connectivity index (χ3v) is 4.90. The van der Waals surface area contributed by atoms with Crippen molar-refractivity contribution in [3.05, 3.63) is 17.5 Å². The molecule has 1 heterocycles. The third kappa shape index (κ3) is 4.09. The average Bonchev–Trinajstić information content (AvgIpc) is 2.77. The van der Waals surface area contributed by atoms with Gasteiger partial charge >= 0.3 is 5.97 Å². The molecule has 1 unspecified atom stereocenters. The number of carboxylic acid groups (broad SMARTS) is 1. The molecule has 1 rings (SSSR count). The number of primary amides is 1. The predicted molar refractivity (Wildman–Crippen MR) is 64.5 cm³/mol. The van der Waals surface area contributed by atoms with Crippen molar-refractivity contribution in [1.82, 2.24) is 4.72 Å². The molecule has 7 nitrogen and oxygen atoms in total. The van der Waals surface area contributed by atoms with Gasteiger partial charge in [0.05, 0.1) is 0 Å². The van der Waals surface area contributed by atoms with E-state index in [1.165, 1.54) is 6.07 Å². The van der Waals surface area contributed by atoms with Gasteiger partial charge in [-0.1, -0.05) is 6.07 Å². The maximum Gasteiger partial charge on any atom is 0.321 e. The molecular formula is C9H12N2O5S2. The lowest BCUT2D eigenvalue weighted by Crippen LogP contribution is -2.41. The molecule has 18 heavy (non-hydrogen) atoms. The molecule has 0 aliphatic heterocycles. The number of carbonyl (C=O) groups is 2. The second kappa shape index (κ2) is 5.94. The molecule has 0 fully saturated rings. The van der Waals surface area contributed by atoms with Gasteiger partial charge in [-0.05, 0) is 17.9 Å². The van der Waals surface area contributed by atoms with Gasteiger partial charge in [0, 0.05) is 6.42 Å². The highest BCUT2D eigenvalue weighted by Gasteiger charge is 2.26. The number of rotatable bonds is 7. The molecule has 0 aliphatic carbocycles. The van der Waals surface area contributed by atoms with Crippen LogP contribution in [0.4, 0.5) is 0 Å². The van der Waals surface area contributed by atoms with Gasteiger partial charge in [0.15, 0.2) is 0 Å². The lowest BCUT2D eigenvalue weighted by atomic mass is 10.2. The summed E-state index contributed by atoms with van der Waals surface area (Å²) in [6.45, 7) is 0. The van der Waals surface area contributed by atoms with Crippen molar-refractivity contribution in [2.75, 3.05) is 0 Å². The molecule has 4 N–H and O–H groups in total. The van der Waals surface area contributed by atoms with Gasteiger partial charge in [0.2, 0.25) is 5.91 Å². The molecule has 1 aromatic rings. The second-order valence-corrected chi connectivity index (χ2v) is 6.34. The Hall–Kier alpha value is -1.45. The smallest absolute Gasteiger partial charge is 0.321 e. The van der Waals surface area contributed by atoms with Crippen LogP contribution < -0.4 is 10.5 Å². The number of nitrogens with two attached hydrogens (primary N) is 1. The van der Waals surface area contributed by atoms with Gasteiger partial charge in [-0.2, -0.15) is 4.72 Å². The van der Waals surface area contributed by atoms with Crippen molar-refractivity contribution in [2.24, 2.45) is 5.73 Å². The minimum atomic E-state index is -3.87. The number of hydrogen-bond acceptors (Lipinski definition) is 5. The van der Waals surface area contributed by atoms with Crippen molar-refractivity contribution in [2.45, 2.75) is 23.1 Å². The summed E-state index contributed by atoms with van der Waals surface area (Å²) in [6, 6.07) is 1.53. The summed E-state index contributed by atoms with van der Waals surface area (Å²) in [4.78, 5) is 21.5. The number of nitrogens with one attached hydrogen (secondary N) is 1. The fourth-order valence-electron chi connectivity index (χ4n) is 1.18. The summed E-state index contributed by atoms with van der Waals surface area (Å²) < 4.78 is 25.6. The Morgan fingerprint density at radius 3 is 2.61 bits per heavy atom. The third-order valence-electron chi connectivity index (χ3n) is 2.03. The molecule has 1 atom stereocenters. The first kappa shape index (κ1) is 14.6. The summed E-state index contributed by atoms with van der Waals surface area (Å²) in [5.41, 5.74) is 4.89. The highest BCUT2D eigenvalue weighted by atomic mass is 32.2. The number of hydrogen-bond donors (Lipinski definition) is 3. The van der Waals surface area contributed by atoms with Crippen LogP contribution >= 0.6 is 11.3 Å². The molecule has 9 heteroatoms. The van der Waals surface area contributed by atoms with E-state index in [1.54, 1.807) is 11.4 Å². The monoisotopic (exact) mass is 292 g/mol.